The summed E-state index contributed by atoms with van der Waals surface area (Å²) in [5, 5.41) is 3.68. The summed E-state index contributed by atoms with van der Waals surface area (Å²) < 4.78 is 0. The van der Waals surface area contributed by atoms with Crippen molar-refractivity contribution in [2.75, 3.05) is 18.1 Å². The Labute approximate surface area is 99.9 Å². The average Bonchev–Trinajstić information content (AvgIpc) is 2.70. The number of hydrogen-bond acceptors (Lipinski definition) is 4. The number of unbranched alkanes of at least 4 members (excludes halogenated alkanes) is 1. The van der Waals surface area contributed by atoms with Gasteiger partial charge in [0.1, 0.15) is 0 Å². The van der Waals surface area contributed by atoms with E-state index in [1.165, 1.54) is 12.8 Å². The first kappa shape index (κ1) is 12.9. The van der Waals surface area contributed by atoms with Gasteiger partial charge in [-0.1, -0.05) is 25.1 Å². The first-order chi connectivity index (χ1) is 7.24. The van der Waals surface area contributed by atoms with Crippen molar-refractivity contribution in [1.29, 1.82) is 0 Å². The zero-order chi connectivity index (χ0) is 11.1. The van der Waals surface area contributed by atoms with E-state index >= 15 is 0 Å². The Bertz CT molecular complexity index is 244. The Morgan fingerprint density at radius 2 is 2.53 bits per heavy atom. The van der Waals surface area contributed by atoms with Crippen LogP contribution in [0.2, 0.25) is 0 Å². The molecule has 0 spiro atoms. The number of rotatable bonds is 5. The van der Waals surface area contributed by atoms with Gasteiger partial charge in [0, 0.05) is 5.75 Å². The van der Waals surface area contributed by atoms with Crippen LogP contribution in [0.1, 0.15) is 26.7 Å². The van der Waals surface area contributed by atoms with Crippen molar-refractivity contribution in [2.24, 2.45) is 4.99 Å². The molecule has 0 radical (unpaired) electrons. The second kappa shape index (κ2) is 7.17. The smallest absolute Gasteiger partial charge is 0.238 e. The van der Waals surface area contributed by atoms with Crippen LogP contribution in [0.25, 0.3) is 0 Å². The van der Waals surface area contributed by atoms with E-state index in [1.54, 1.807) is 23.5 Å². The largest absolute Gasteiger partial charge is 0.304 e. The lowest BCUT2D eigenvalue weighted by Gasteiger charge is -2.10. The summed E-state index contributed by atoms with van der Waals surface area (Å²) in [5.41, 5.74) is 0. The number of carbonyl (C=O) groups is 1. The number of amidine groups is 1. The number of amides is 1. The third-order valence-electron chi connectivity index (χ3n) is 2.05. The summed E-state index contributed by atoms with van der Waals surface area (Å²) in [6.07, 6.45) is 2.36. The van der Waals surface area contributed by atoms with Crippen molar-refractivity contribution >= 4 is 34.6 Å². The fraction of sp³-hybridized carbons (Fsp3) is 0.800. The lowest BCUT2D eigenvalue weighted by molar-refractivity contribution is -0.118. The SMILES string of the molecule is CCCCSC(C)C(=O)NC1=NCCS1. The van der Waals surface area contributed by atoms with Gasteiger partial charge in [-0.25, -0.2) is 0 Å². The molecule has 86 valence electrons. The maximum absolute atomic E-state index is 11.7. The minimum absolute atomic E-state index is 0.0282. The standard InChI is InChI=1S/C10H18N2OS2/c1-3-4-6-14-8(2)9(13)12-10-11-5-7-15-10/h8H,3-7H2,1-2H3,(H,11,12,13). The van der Waals surface area contributed by atoms with Crippen molar-refractivity contribution in [1.82, 2.24) is 5.32 Å². The van der Waals surface area contributed by atoms with E-state index in [1.807, 2.05) is 6.92 Å². The minimum atomic E-state index is 0.0282. The van der Waals surface area contributed by atoms with Gasteiger partial charge in [-0.3, -0.25) is 9.79 Å². The third-order valence-corrected chi connectivity index (χ3v) is 4.18. The molecule has 0 aromatic carbocycles. The quantitative estimate of drug-likeness (QED) is 0.756. The number of nitrogens with one attached hydrogen (secondary N) is 1. The van der Waals surface area contributed by atoms with E-state index < -0.39 is 0 Å². The van der Waals surface area contributed by atoms with Gasteiger partial charge < -0.3 is 5.32 Å². The van der Waals surface area contributed by atoms with Crippen LogP contribution in [0.3, 0.4) is 0 Å². The summed E-state index contributed by atoms with van der Waals surface area (Å²) in [5.74, 6) is 2.14. The van der Waals surface area contributed by atoms with Crippen LogP contribution in [-0.2, 0) is 4.79 Å². The Kier molecular flexibility index (Phi) is 6.17. The van der Waals surface area contributed by atoms with Crippen molar-refractivity contribution in [2.45, 2.75) is 31.9 Å². The number of nitrogens with zero attached hydrogens (tertiary/aromatic N) is 1. The minimum Gasteiger partial charge on any atom is -0.304 e. The van der Waals surface area contributed by atoms with E-state index in [4.69, 9.17) is 0 Å². The lowest BCUT2D eigenvalue weighted by Crippen LogP contribution is -2.34. The van der Waals surface area contributed by atoms with E-state index in [2.05, 4.69) is 17.2 Å². The monoisotopic (exact) mass is 246 g/mol. The van der Waals surface area contributed by atoms with Crippen LogP contribution >= 0.6 is 23.5 Å². The van der Waals surface area contributed by atoms with Gasteiger partial charge in [-0.2, -0.15) is 0 Å². The molecule has 0 aliphatic carbocycles. The van der Waals surface area contributed by atoms with Crippen molar-refractivity contribution < 1.29 is 4.79 Å². The molecule has 15 heavy (non-hydrogen) atoms. The fourth-order valence-electron chi connectivity index (χ4n) is 1.10. The Morgan fingerprint density at radius 3 is 3.13 bits per heavy atom. The van der Waals surface area contributed by atoms with Gasteiger partial charge >= 0.3 is 0 Å². The second-order valence-corrected chi connectivity index (χ2v) is 5.92. The van der Waals surface area contributed by atoms with E-state index in [9.17, 15) is 4.79 Å². The van der Waals surface area contributed by atoms with Crippen LogP contribution in [0, 0.1) is 0 Å². The second-order valence-electron chi connectivity index (χ2n) is 3.39. The maximum Gasteiger partial charge on any atom is 0.238 e. The summed E-state index contributed by atoms with van der Waals surface area (Å²) in [6, 6.07) is 0. The van der Waals surface area contributed by atoms with Gasteiger partial charge in [0.15, 0.2) is 5.17 Å². The molecule has 1 aliphatic heterocycles. The molecular weight excluding hydrogens is 228 g/mol. The fourth-order valence-corrected chi connectivity index (χ4v) is 2.85. The summed E-state index contributed by atoms with van der Waals surface area (Å²) in [6.45, 7) is 4.95. The molecule has 5 heteroatoms. The van der Waals surface area contributed by atoms with E-state index in [0.29, 0.717) is 0 Å². The van der Waals surface area contributed by atoms with Crippen LogP contribution in [0.15, 0.2) is 4.99 Å². The first-order valence-corrected chi connectivity index (χ1v) is 7.37. The zero-order valence-electron chi connectivity index (χ0n) is 9.28. The van der Waals surface area contributed by atoms with Crippen LogP contribution in [-0.4, -0.2) is 34.4 Å². The Hall–Kier alpha value is -0.160. The predicted molar refractivity (Wildman–Crippen MR) is 69.7 cm³/mol. The molecule has 0 fully saturated rings. The molecule has 1 rings (SSSR count). The van der Waals surface area contributed by atoms with Gasteiger partial charge in [0.05, 0.1) is 11.8 Å². The van der Waals surface area contributed by atoms with Gasteiger partial charge in [-0.05, 0) is 19.1 Å². The molecule has 0 saturated heterocycles. The molecule has 0 bridgehead atoms. The molecule has 3 nitrogen and oxygen atoms in total. The Balaban J connectivity index is 2.20. The molecule has 1 atom stereocenters. The summed E-state index contributed by atoms with van der Waals surface area (Å²) in [7, 11) is 0. The number of hydrogen-bond donors (Lipinski definition) is 1. The number of aliphatic imine (C=N–C) groups is 1. The highest BCUT2D eigenvalue weighted by molar-refractivity contribution is 8.14. The molecule has 0 aromatic heterocycles. The number of thioether (sulfide) groups is 2. The first-order valence-electron chi connectivity index (χ1n) is 5.33. The van der Waals surface area contributed by atoms with E-state index in [-0.39, 0.29) is 11.2 Å². The van der Waals surface area contributed by atoms with Gasteiger partial charge in [0.2, 0.25) is 5.91 Å². The molecule has 0 aromatic rings. The highest BCUT2D eigenvalue weighted by Gasteiger charge is 2.16. The lowest BCUT2D eigenvalue weighted by atomic mass is 10.4. The van der Waals surface area contributed by atoms with Crippen LogP contribution < -0.4 is 5.32 Å². The van der Waals surface area contributed by atoms with Gasteiger partial charge in [0.25, 0.3) is 0 Å². The van der Waals surface area contributed by atoms with Crippen molar-refractivity contribution in [3.05, 3.63) is 0 Å². The topological polar surface area (TPSA) is 41.5 Å². The zero-order valence-corrected chi connectivity index (χ0v) is 10.9. The predicted octanol–water partition coefficient (Wildman–Crippen LogP) is 2.13. The highest BCUT2D eigenvalue weighted by Crippen LogP contribution is 2.14. The average molecular weight is 246 g/mol. The van der Waals surface area contributed by atoms with E-state index in [0.717, 1.165) is 23.2 Å². The van der Waals surface area contributed by atoms with Crippen LogP contribution in [0.4, 0.5) is 0 Å². The summed E-state index contributed by atoms with van der Waals surface area (Å²) in [4.78, 5) is 15.9. The molecular formula is C10H18N2OS2. The Morgan fingerprint density at radius 1 is 1.73 bits per heavy atom. The maximum atomic E-state index is 11.7. The molecule has 1 N–H and O–H groups in total. The van der Waals surface area contributed by atoms with Gasteiger partial charge in [-0.15, -0.1) is 11.8 Å². The normalized spacial score (nSPS) is 17.3. The third kappa shape index (κ3) is 4.93. The molecule has 1 amide bonds. The summed E-state index contributed by atoms with van der Waals surface area (Å²) >= 11 is 3.34. The molecule has 1 aliphatic rings. The molecule has 1 unspecified atom stereocenters. The van der Waals surface area contributed by atoms with Crippen molar-refractivity contribution in [3.63, 3.8) is 0 Å². The highest BCUT2D eigenvalue weighted by atomic mass is 32.2. The molecule has 0 saturated carbocycles. The molecule has 1 heterocycles. The van der Waals surface area contributed by atoms with Crippen LogP contribution in [0.5, 0.6) is 0 Å². The van der Waals surface area contributed by atoms with Crippen molar-refractivity contribution in [3.8, 4) is 0 Å². The number of carbonyl (C=O) groups excluding carboxylic acids is 1.